The second kappa shape index (κ2) is 8.03. The third kappa shape index (κ3) is 4.30. The molecule has 130 valence electrons. The zero-order valence-electron chi connectivity index (χ0n) is 14.0. The highest BCUT2D eigenvalue weighted by atomic mass is 16.5. The van der Waals surface area contributed by atoms with Gasteiger partial charge in [-0.3, -0.25) is 0 Å². The number of carboxylic acid groups (broad SMARTS) is 1. The average Bonchev–Trinajstić information content (AvgIpc) is 2.66. The van der Waals surface area contributed by atoms with Gasteiger partial charge in [0.05, 0.1) is 0 Å². The molecule has 2 N–H and O–H groups in total. The Morgan fingerprint density at radius 1 is 0.885 bits per heavy atom. The lowest BCUT2D eigenvalue weighted by molar-refractivity contribution is 0.0693. The summed E-state index contributed by atoms with van der Waals surface area (Å²) in [4.78, 5) is 11.3. The molecule has 0 heterocycles. The van der Waals surface area contributed by atoms with Gasteiger partial charge in [0.2, 0.25) is 0 Å². The van der Waals surface area contributed by atoms with Gasteiger partial charge in [-0.1, -0.05) is 66.7 Å². The van der Waals surface area contributed by atoms with Crippen molar-refractivity contribution in [1.82, 2.24) is 0 Å². The quantitative estimate of drug-likeness (QED) is 0.627. The number of hydrogen-bond donors (Lipinski definition) is 2. The van der Waals surface area contributed by atoms with Gasteiger partial charge in [0.25, 0.3) is 0 Å². The van der Waals surface area contributed by atoms with E-state index in [2.05, 4.69) is 0 Å². The first-order valence-corrected chi connectivity index (χ1v) is 8.13. The zero-order valence-corrected chi connectivity index (χ0v) is 14.0. The molecule has 3 aromatic carbocycles. The molecule has 0 aliphatic rings. The third-order valence-electron chi connectivity index (χ3n) is 3.87. The number of ether oxygens (including phenoxy) is 1. The van der Waals surface area contributed by atoms with E-state index < -0.39 is 5.97 Å². The van der Waals surface area contributed by atoms with Crippen LogP contribution in [0.1, 0.15) is 27.0 Å². The molecular formula is C22H18O4. The highest BCUT2D eigenvalue weighted by molar-refractivity contribution is 5.96. The number of carboxylic acids is 1. The van der Waals surface area contributed by atoms with Crippen molar-refractivity contribution >= 4 is 18.1 Å². The predicted molar refractivity (Wildman–Crippen MR) is 101 cm³/mol. The van der Waals surface area contributed by atoms with Crippen molar-refractivity contribution in [1.29, 1.82) is 0 Å². The maximum absolute atomic E-state index is 11.3. The normalized spacial score (nSPS) is 10.8. The number of carbonyl (C=O) groups is 1. The van der Waals surface area contributed by atoms with E-state index in [9.17, 15) is 15.0 Å². The molecule has 0 amide bonds. The Bertz CT molecular complexity index is 913. The minimum atomic E-state index is -1.16. The Morgan fingerprint density at radius 3 is 2.31 bits per heavy atom. The molecule has 0 radical (unpaired) electrons. The highest BCUT2D eigenvalue weighted by Crippen LogP contribution is 2.23. The Labute approximate surface area is 151 Å². The van der Waals surface area contributed by atoms with Crippen LogP contribution in [0.4, 0.5) is 0 Å². The molecule has 0 saturated carbocycles. The fourth-order valence-electron chi connectivity index (χ4n) is 2.53. The van der Waals surface area contributed by atoms with E-state index in [-0.39, 0.29) is 11.3 Å². The summed E-state index contributed by atoms with van der Waals surface area (Å²) in [5.74, 6) is -0.647. The van der Waals surface area contributed by atoms with Crippen LogP contribution in [0, 0.1) is 0 Å². The van der Waals surface area contributed by atoms with Crippen molar-refractivity contribution in [2.24, 2.45) is 0 Å². The van der Waals surface area contributed by atoms with Crippen LogP contribution in [0.2, 0.25) is 0 Å². The zero-order chi connectivity index (χ0) is 18.4. The van der Waals surface area contributed by atoms with Crippen LogP contribution in [0.5, 0.6) is 11.5 Å². The number of aromatic carboxylic acids is 1. The predicted octanol–water partition coefficient (Wildman–Crippen LogP) is 4.84. The van der Waals surface area contributed by atoms with Crippen LogP contribution in [-0.4, -0.2) is 16.2 Å². The SMILES string of the molecule is O=C(O)c1c(O)cccc1/C=C/c1ccc(OCc2ccccc2)cc1. The topological polar surface area (TPSA) is 66.8 Å². The van der Waals surface area contributed by atoms with Crippen LogP contribution in [0.15, 0.2) is 72.8 Å². The summed E-state index contributed by atoms with van der Waals surface area (Å²) in [6, 6.07) is 22.1. The lowest BCUT2D eigenvalue weighted by atomic mass is 10.0. The number of phenols is 1. The molecule has 3 rings (SSSR count). The van der Waals surface area contributed by atoms with Crippen molar-refractivity contribution in [2.75, 3.05) is 0 Å². The lowest BCUT2D eigenvalue weighted by Crippen LogP contribution is -1.99. The van der Waals surface area contributed by atoms with Gasteiger partial charge in [0.1, 0.15) is 23.7 Å². The monoisotopic (exact) mass is 346 g/mol. The van der Waals surface area contributed by atoms with Gasteiger partial charge in [0.15, 0.2) is 0 Å². The van der Waals surface area contributed by atoms with Crippen molar-refractivity contribution in [2.45, 2.75) is 6.61 Å². The fraction of sp³-hybridized carbons (Fsp3) is 0.0455. The van der Waals surface area contributed by atoms with Gasteiger partial charge in [0, 0.05) is 0 Å². The maximum Gasteiger partial charge on any atom is 0.340 e. The Morgan fingerprint density at radius 2 is 1.62 bits per heavy atom. The molecule has 0 aromatic heterocycles. The number of hydrogen-bond acceptors (Lipinski definition) is 3. The van der Waals surface area contributed by atoms with Gasteiger partial charge in [-0.2, -0.15) is 0 Å². The van der Waals surface area contributed by atoms with Crippen molar-refractivity contribution in [3.8, 4) is 11.5 Å². The van der Waals surface area contributed by atoms with E-state index in [1.54, 1.807) is 24.3 Å². The van der Waals surface area contributed by atoms with Gasteiger partial charge in [-0.15, -0.1) is 0 Å². The molecule has 26 heavy (non-hydrogen) atoms. The molecule has 0 aliphatic carbocycles. The summed E-state index contributed by atoms with van der Waals surface area (Å²) >= 11 is 0. The summed E-state index contributed by atoms with van der Waals surface area (Å²) < 4.78 is 5.74. The molecular weight excluding hydrogens is 328 g/mol. The summed E-state index contributed by atoms with van der Waals surface area (Å²) in [7, 11) is 0. The van der Waals surface area contributed by atoms with E-state index in [0.29, 0.717) is 12.2 Å². The van der Waals surface area contributed by atoms with Gasteiger partial charge in [-0.25, -0.2) is 4.79 Å². The summed E-state index contributed by atoms with van der Waals surface area (Å²) in [5.41, 5.74) is 2.34. The fourth-order valence-corrected chi connectivity index (χ4v) is 2.53. The van der Waals surface area contributed by atoms with Crippen molar-refractivity contribution in [3.05, 3.63) is 95.1 Å². The molecule has 0 atom stereocenters. The summed E-state index contributed by atoms with van der Waals surface area (Å²) in [5, 5.41) is 18.9. The molecule has 4 heteroatoms. The number of aromatic hydroxyl groups is 1. The molecule has 3 aromatic rings. The smallest absolute Gasteiger partial charge is 0.340 e. The third-order valence-corrected chi connectivity index (χ3v) is 3.87. The van der Waals surface area contributed by atoms with Crippen LogP contribution < -0.4 is 4.74 Å². The van der Waals surface area contributed by atoms with Crippen LogP contribution in [0.25, 0.3) is 12.2 Å². The Balaban J connectivity index is 1.69. The largest absolute Gasteiger partial charge is 0.507 e. The molecule has 0 unspecified atom stereocenters. The second-order valence-corrected chi connectivity index (χ2v) is 5.72. The minimum absolute atomic E-state index is 0.105. The molecule has 4 nitrogen and oxygen atoms in total. The Hall–Kier alpha value is -3.53. The van der Waals surface area contributed by atoms with Crippen molar-refractivity contribution < 1.29 is 19.7 Å². The van der Waals surface area contributed by atoms with E-state index in [0.717, 1.165) is 16.9 Å². The number of benzene rings is 3. The van der Waals surface area contributed by atoms with E-state index >= 15 is 0 Å². The average molecular weight is 346 g/mol. The molecule has 0 aliphatic heterocycles. The van der Waals surface area contributed by atoms with Gasteiger partial charge >= 0.3 is 5.97 Å². The molecule has 0 saturated heterocycles. The lowest BCUT2D eigenvalue weighted by Gasteiger charge is -2.06. The summed E-state index contributed by atoms with van der Waals surface area (Å²) in [6.45, 7) is 0.501. The van der Waals surface area contributed by atoms with Crippen LogP contribution in [0.3, 0.4) is 0 Å². The number of rotatable bonds is 6. The van der Waals surface area contributed by atoms with Gasteiger partial charge < -0.3 is 14.9 Å². The summed E-state index contributed by atoms with van der Waals surface area (Å²) in [6.07, 6.45) is 3.46. The van der Waals surface area contributed by atoms with E-state index in [4.69, 9.17) is 4.74 Å². The second-order valence-electron chi connectivity index (χ2n) is 5.72. The minimum Gasteiger partial charge on any atom is -0.507 e. The van der Waals surface area contributed by atoms with Crippen LogP contribution >= 0.6 is 0 Å². The first-order chi connectivity index (χ1) is 12.6. The highest BCUT2D eigenvalue weighted by Gasteiger charge is 2.12. The van der Waals surface area contributed by atoms with Crippen LogP contribution in [-0.2, 0) is 6.61 Å². The molecule has 0 spiro atoms. The van der Waals surface area contributed by atoms with Gasteiger partial charge in [-0.05, 0) is 34.9 Å². The van der Waals surface area contributed by atoms with Crippen molar-refractivity contribution in [3.63, 3.8) is 0 Å². The first-order valence-electron chi connectivity index (χ1n) is 8.13. The maximum atomic E-state index is 11.3. The molecule has 0 fully saturated rings. The Kier molecular flexibility index (Phi) is 5.34. The molecule has 0 bridgehead atoms. The van der Waals surface area contributed by atoms with E-state index in [1.807, 2.05) is 54.6 Å². The standard InChI is InChI=1S/C22H18O4/c23-20-8-4-7-18(21(20)22(24)25)12-9-16-10-13-19(14-11-16)26-15-17-5-2-1-3-6-17/h1-14,23H,15H2,(H,24,25)/b12-9+. The first kappa shape index (κ1) is 17.3. The van der Waals surface area contributed by atoms with E-state index in [1.165, 1.54) is 6.07 Å².